The Morgan fingerprint density at radius 2 is 1.73 bits per heavy atom. The Hall–Kier alpha value is -2.51. The van der Waals surface area contributed by atoms with Crippen molar-refractivity contribution >= 4 is 11.9 Å². The molecule has 0 saturated heterocycles. The summed E-state index contributed by atoms with van der Waals surface area (Å²) in [6, 6.07) is 2.17. The Balaban J connectivity index is 2.94. The molecule has 1 heterocycles. The second-order valence-corrected chi connectivity index (χ2v) is 6.25. The molecule has 1 atom stereocenters. The van der Waals surface area contributed by atoms with E-state index in [0.717, 1.165) is 17.0 Å². The van der Waals surface area contributed by atoms with Gasteiger partial charge in [-0.1, -0.05) is 12.1 Å². The lowest BCUT2D eigenvalue weighted by molar-refractivity contribution is -0.190. The van der Waals surface area contributed by atoms with Gasteiger partial charge in [0.15, 0.2) is 0 Å². The highest BCUT2D eigenvalue weighted by molar-refractivity contribution is 6.09. The highest BCUT2D eigenvalue weighted by Gasteiger charge is 2.70. The summed E-state index contributed by atoms with van der Waals surface area (Å²) in [5.41, 5.74) is -4.12. The van der Waals surface area contributed by atoms with Gasteiger partial charge in [0, 0.05) is 12.7 Å². The number of esters is 1. The number of rotatable bonds is 3. The van der Waals surface area contributed by atoms with Gasteiger partial charge in [0.2, 0.25) is 5.41 Å². The molecular formula is C18H20F3NO4. The third kappa shape index (κ3) is 2.55. The SMILES string of the molecule is CCOC(=O)C1=C(C)N(C)C(=O)[C@@]1(c1cc(C)c(O)c(C)c1)C(F)(F)F. The zero-order valence-corrected chi connectivity index (χ0v) is 15.1. The maximum Gasteiger partial charge on any atom is 0.411 e. The lowest BCUT2D eigenvalue weighted by Crippen LogP contribution is -2.52. The van der Waals surface area contributed by atoms with Gasteiger partial charge in [0.1, 0.15) is 5.75 Å². The fourth-order valence-electron chi connectivity index (χ4n) is 3.32. The zero-order chi connectivity index (χ0) is 20.0. The topological polar surface area (TPSA) is 66.8 Å². The molecule has 0 spiro atoms. The second-order valence-electron chi connectivity index (χ2n) is 6.25. The Morgan fingerprint density at radius 3 is 2.15 bits per heavy atom. The van der Waals surface area contributed by atoms with Gasteiger partial charge in [-0.05, 0) is 44.4 Å². The van der Waals surface area contributed by atoms with E-state index in [1.807, 2.05) is 0 Å². The third-order valence-corrected chi connectivity index (χ3v) is 4.69. The number of benzene rings is 1. The van der Waals surface area contributed by atoms with Gasteiger partial charge in [-0.25, -0.2) is 4.79 Å². The van der Waals surface area contributed by atoms with Crippen molar-refractivity contribution < 1.29 is 32.6 Å². The smallest absolute Gasteiger partial charge is 0.411 e. The van der Waals surface area contributed by atoms with Crippen LogP contribution in [0.4, 0.5) is 13.2 Å². The molecule has 0 bridgehead atoms. The Bertz CT molecular complexity index is 790. The standard InChI is InChI=1S/C18H20F3NO4/c1-6-26-15(24)13-11(4)22(5)16(25)17(13,18(19,20)21)12-7-9(2)14(23)10(3)8-12/h7-8,23H,6H2,1-5H3/t17-/m0/s1. The van der Waals surface area contributed by atoms with Crippen molar-refractivity contribution in [3.63, 3.8) is 0 Å². The van der Waals surface area contributed by atoms with E-state index in [4.69, 9.17) is 4.74 Å². The first-order chi connectivity index (χ1) is 11.9. The van der Waals surface area contributed by atoms with Crippen LogP contribution in [-0.2, 0) is 19.7 Å². The molecule has 2 rings (SSSR count). The van der Waals surface area contributed by atoms with Crippen LogP contribution in [0.1, 0.15) is 30.5 Å². The first-order valence-corrected chi connectivity index (χ1v) is 7.95. The van der Waals surface area contributed by atoms with Crippen LogP contribution < -0.4 is 0 Å². The summed E-state index contributed by atoms with van der Waals surface area (Å²) in [6.07, 6.45) is -5.09. The van der Waals surface area contributed by atoms with E-state index in [-0.39, 0.29) is 29.2 Å². The van der Waals surface area contributed by atoms with Gasteiger partial charge in [-0.3, -0.25) is 4.79 Å². The van der Waals surface area contributed by atoms with Crippen LogP contribution in [0.15, 0.2) is 23.4 Å². The van der Waals surface area contributed by atoms with Crippen molar-refractivity contribution in [2.24, 2.45) is 0 Å². The van der Waals surface area contributed by atoms with Gasteiger partial charge >= 0.3 is 12.1 Å². The van der Waals surface area contributed by atoms with Gasteiger partial charge in [0.25, 0.3) is 5.91 Å². The van der Waals surface area contributed by atoms with Crippen molar-refractivity contribution in [2.45, 2.75) is 39.3 Å². The predicted molar refractivity (Wildman–Crippen MR) is 87.4 cm³/mol. The van der Waals surface area contributed by atoms with Crippen LogP contribution in [0.2, 0.25) is 0 Å². The van der Waals surface area contributed by atoms with Crippen LogP contribution in [0, 0.1) is 13.8 Å². The number of carbonyl (C=O) groups is 2. The number of aromatic hydroxyl groups is 1. The lowest BCUT2D eigenvalue weighted by Gasteiger charge is -2.33. The minimum absolute atomic E-state index is 0.117. The fourth-order valence-corrected chi connectivity index (χ4v) is 3.32. The van der Waals surface area contributed by atoms with Crippen LogP contribution >= 0.6 is 0 Å². The molecule has 0 aliphatic carbocycles. The molecule has 8 heteroatoms. The minimum Gasteiger partial charge on any atom is -0.507 e. The number of nitrogens with zero attached hydrogens (tertiary/aromatic N) is 1. The number of aryl methyl sites for hydroxylation is 2. The van der Waals surface area contributed by atoms with Crippen LogP contribution in [0.3, 0.4) is 0 Å². The van der Waals surface area contributed by atoms with Gasteiger partial charge < -0.3 is 14.7 Å². The van der Waals surface area contributed by atoms with Crippen molar-refractivity contribution in [3.05, 3.63) is 40.1 Å². The molecule has 1 amide bonds. The molecule has 1 aliphatic heterocycles. The molecule has 0 radical (unpaired) electrons. The molecule has 0 fully saturated rings. The molecule has 1 aliphatic rings. The van der Waals surface area contributed by atoms with Crippen molar-refractivity contribution in [3.8, 4) is 5.75 Å². The summed E-state index contributed by atoms with van der Waals surface area (Å²) < 4.78 is 47.9. The number of hydrogen-bond acceptors (Lipinski definition) is 4. The number of ether oxygens (including phenoxy) is 1. The molecular weight excluding hydrogens is 351 g/mol. The van der Waals surface area contributed by atoms with E-state index < -0.39 is 34.6 Å². The number of halogens is 3. The van der Waals surface area contributed by atoms with Crippen LogP contribution in [0.5, 0.6) is 5.75 Å². The monoisotopic (exact) mass is 371 g/mol. The normalized spacial score (nSPS) is 20.8. The first-order valence-electron chi connectivity index (χ1n) is 7.95. The van der Waals surface area contributed by atoms with E-state index in [9.17, 15) is 27.9 Å². The number of hydrogen-bond donors (Lipinski definition) is 1. The molecule has 0 saturated carbocycles. The first kappa shape index (κ1) is 19.8. The molecule has 1 aromatic carbocycles. The van der Waals surface area contributed by atoms with Crippen molar-refractivity contribution in [1.82, 2.24) is 4.90 Å². The highest BCUT2D eigenvalue weighted by Crippen LogP contribution is 2.53. The number of carbonyl (C=O) groups excluding carboxylic acids is 2. The number of amides is 1. The van der Waals surface area contributed by atoms with E-state index in [2.05, 4.69) is 0 Å². The van der Waals surface area contributed by atoms with E-state index in [1.165, 1.54) is 34.7 Å². The largest absolute Gasteiger partial charge is 0.507 e. The summed E-state index contributed by atoms with van der Waals surface area (Å²) in [5, 5.41) is 9.91. The number of likely N-dealkylation sites (N-methyl/N-ethyl adjacent to an activating group) is 1. The average Bonchev–Trinajstić information content (AvgIpc) is 2.73. The van der Waals surface area contributed by atoms with Gasteiger partial charge in [-0.2, -0.15) is 13.2 Å². The summed E-state index contributed by atoms with van der Waals surface area (Å²) in [6.45, 7) is 5.48. The summed E-state index contributed by atoms with van der Waals surface area (Å²) in [5.74, 6) is -2.64. The lowest BCUT2D eigenvalue weighted by atomic mass is 9.72. The number of alkyl halides is 3. The Kier molecular flexibility index (Phi) is 4.83. The van der Waals surface area contributed by atoms with Crippen molar-refractivity contribution in [2.75, 3.05) is 13.7 Å². The van der Waals surface area contributed by atoms with Gasteiger partial charge in [-0.15, -0.1) is 0 Å². The molecule has 0 unspecified atom stereocenters. The second kappa shape index (κ2) is 6.34. The van der Waals surface area contributed by atoms with Crippen LogP contribution in [-0.4, -0.2) is 41.7 Å². The highest BCUT2D eigenvalue weighted by atomic mass is 19.4. The van der Waals surface area contributed by atoms with E-state index in [0.29, 0.717) is 0 Å². The number of phenolic OH excluding ortho intramolecular Hbond substituents is 1. The third-order valence-electron chi connectivity index (χ3n) is 4.69. The number of phenols is 1. The fraction of sp³-hybridized carbons (Fsp3) is 0.444. The maximum absolute atomic E-state index is 14.4. The molecule has 0 aromatic heterocycles. The molecule has 1 aromatic rings. The predicted octanol–water partition coefficient (Wildman–Crippen LogP) is 3.12. The molecule has 5 nitrogen and oxygen atoms in total. The molecule has 142 valence electrons. The summed E-state index contributed by atoms with van der Waals surface area (Å²) in [7, 11) is 1.19. The molecule has 1 N–H and O–H groups in total. The maximum atomic E-state index is 14.4. The number of allylic oxidation sites excluding steroid dienone is 1. The summed E-state index contributed by atoms with van der Waals surface area (Å²) >= 11 is 0. The quantitative estimate of drug-likeness (QED) is 0.829. The molecule has 26 heavy (non-hydrogen) atoms. The van der Waals surface area contributed by atoms with Crippen LogP contribution in [0.25, 0.3) is 0 Å². The zero-order valence-electron chi connectivity index (χ0n) is 15.1. The Morgan fingerprint density at radius 1 is 1.23 bits per heavy atom. The van der Waals surface area contributed by atoms with Crippen molar-refractivity contribution in [1.29, 1.82) is 0 Å². The van der Waals surface area contributed by atoms with Gasteiger partial charge in [0.05, 0.1) is 12.2 Å². The Labute approximate surface area is 149 Å². The van der Waals surface area contributed by atoms with E-state index in [1.54, 1.807) is 0 Å². The average molecular weight is 371 g/mol. The minimum atomic E-state index is -5.09. The summed E-state index contributed by atoms with van der Waals surface area (Å²) in [4.78, 5) is 26.0. The van der Waals surface area contributed by atoms with E-state index >= 15 is 0 Å².